The molecule has 2 rings (SSSR count). The Morgan fingerprint density at radius 3 is 2.44 bits per heavy atom. The van der Waals surface area contributed by atoms with Gasteiger partial charge in [-0.15, -0.1) is 0 Å². The van der Waals surface area contributed by atoms with Gasteiger partial charge in [-0.2, -0.15) is 0 Å². The highest BCUT2D eigenvalue weighted by Gasteiger charge is 2.19. The minimum atomic E-state index is -0.512. The fourth-order valence-corrected chi connectivity index (χ4v) is 2.40. The Bertz CT molecular complexity index is 738. The molecule has 27 heavy (non-hydrogen) atoms. The summed E-state index contributed by atoms with van der Waals surface area (Å²) in [6.07, 6.45) is 0. The van der Waals surface area contributed by atoms with Crippen LogP contribution >= 0.6 is 11.6 Å². The van der Waals surface area contributed by atoms with Crippen LogP contribution in [0.4, 0.5) is 4.79 Å². The highest BCUT2D eigenvalue weighted by molar-refractivity contribution is 6.30. The molecule has 2 N–H and O–H groups in total. The fourth-order valence-electron chi connectivity index (χ4n) is 2.27. The standard InChI is InChI=1S/C20H24ClN3O3/c1-15(24(2)12-13-27-18-10-8-17(21)9-11-18)19(25)23-20(26)22-14-16-6-4-3-5-7-16/h3-11,15H,12-14H2,1-2H3,(H2,22,23,25,26)/t15-/m0/s1. The van der Waals surface area contributed by atoms with Crippen LogP contribution in [0.5, 0.6) is 5.75 Å². The van der Waals surface area contributed by atoms with Gasteiger partial charge in [0.1, 0.15) is 12.4 Å². The quantitative estimate of drug-likeness (QED) is 0.728. The van der Waals surface area contributed by atoms with Crippen LogP contribution < -0.4 is 15.4 Å². The molecule has 0 radical (unpaired) electrons. The number of urea groups is 1. The Kier molecular flexibility index (Phi) is 8.10. The third-order valence-electron chi connectivity index (χ3n) is 4.10. The maximum atomic E-state index is 12.2. The lowest BCUT2D eigenvalue weighted by Gasteiger charge is -2.23. The molecule has 7 heteroatoms. The predicted octanol–water partition coefficient (Wildman–Crippen LogP) is 3.07. The summed E-state index contributed by atoms with van der Waals surface area (Å²) in [5.74, 6) is 0.347. The van der Waals surface area contributed by atoms with Crippen LogP contribution in [-0.2, 0) is 11.3 Å². The zero-order chi connectivity index (χ0) is 19.6. The number of nitrogens with zero attached hydrogens (tertiary/aromatic N) is 1. The molecule has 0 aliphatic carbocycles. The van der Waals surface area contributed by atoms with Crippen molar-refractivity contribution in [1.82, 2.24) is 15.5 Å². The summed E-state index contributed by atoms with van der Waals surface area (Å²) < 4.78 is 5.62. The van der Waals surface area contributed by atoms with E-state index < -0.39 is 12.1 Å². The van der Waals surface area contributed by atoms with Crippen molar-refractivity contribution in [3.8, 4) is 5.75 Å². The molecule has 0 spiro atoms. The van der Waals surface area contributed by atoms with Crippen molar-refractivity contribution < 1.29 is 14.3 Å². The molecule has 144 valence electrons. The third kappa shape index (κ3) is 7.29. The van der Waals surface area contributed by atoms with Crippen LogP contribution in [0.1, 0.15) is 12.5 Å². The van der Waals surface area contributed by atoms with E-state index in [1.807, 2.05) is 35.2 Å². The van der Waals surface area contributed by atoms with Crippen molar-refractivity contribution in [3.05, 3.63) is 65.2 Å². The van der Waals surface area contributed by atoms with E-state index >= 15 is 0 Å². The van der Waals surface area contributed by atoms with Gasteiger partial charge >= 0.3 is 6.03 Å². The molecule has 0 fully saturated rings. The summed E-state index contributed by atoms with van der Waals surface area (Å²) in [6, 6.07) is 15.6. The molecule has 0 aromatic heterocycles. The average Bonchev–Trinajstić information content (AvgIpc) is 2.68. The van der Waals surface area contributed by atoms with Crippen molar-refractivity contribution in [3.63, 3.8) is 0 Å². The lowest BCUT2D eigenvalue weighted by atomic mass is 10.2. The van der Waals surface area contributed by atoms with E-state index in [-0.39, 0.29) is 5.91 Å². The minimum Gasteiger partial charge on any atom is -0.492 e. The summed E-state index contributed by atoms with van der Waals surface area (Å²) in [5.41, 5.74) is 0.963. The zero-order valence-corrected chi connectivity index (χ0v) is 16.2. The molecule has 0 saturated heterocycles. The van der Waals surface area contributed by atoms with E-state index in [1.165, 1.54) is 0 Å². The van der Waals surface area contributed by atoms with Gasteiger partial charge in [0, 0.05) is 18.1 Å². The number of hydrogen-bond acceptors (Lipinski definition) is 4. The van der Waals surface area contributed by atoms with Crippen LogP contribution in [-0.4, -0.2) is 43.1 Å². The van der Waals surface area contributed by atoms with Gasteiger partial charge < -0.3 is 10.1 Å². The molecule has 2 aromatic carbocycles. The largest absolute Gasteiger partial charge is 0.492 e. The van der Waals surface area contributed by atoms with E-state index in [4.69, 9.17) is 16.3 Å². The van der Waals surface area contributed by atoms with E-state index in [9.17, 15) is 9.59 Å². The highest BCUT2D eigenvalue weighted by atomic mass is 35.5. The van der Waals surface area contributed by atoms with Gasteiger partial charge in [0.15, 0.2) is 0 Å². The second kappa shape index (κ2) is 10.5. The first kappa shape index (κ1) is 20.7. The molecule has 0 heterocycles. The zero-order valence-electron chi connectivity index (χ0n) is 15.4. The van der Waals surface area contributed by atoms with Crippen molar-refractivity contribution in [2.75, 3.05) is 20.2 Å². The van der Waals surface area contributed by atoms with Gasteiger partial charge in [0.05, 0.1) is 6.04 Å². The monoisotopic (exact) mass is 389 g/mol. The summed E-state index contributed by atoms with van der Waals surface area (Å²) in [7, 11) is 1.80. The summed E-state index contributed by atoms with van der Waals surface area (Å²) in [4.78, 5) is 25.9. The Morgan fingerprint density at radius 2 is 1.78 bits per heavy atom. The first-order valence-corrected chi connectivity index (χ1v) is 9.04. The number of hydrogen-bond donors (Lipinski definition) is 2. The van der Waals surface area contributed by atoms with E-state index in [0.717, 1.165) is 5.56 Å². The lowest BCUT2D eigenvalue weighted by Crippen LogP contribution is -2.49. The Labute approximate surface area is 164 Å². The molecule has 1 atom stereocenters. The molecular formula is C20H24ClN3O3. The summed E-state index contributed by atoms with van der Waals surface area (Å²) in [5, 5.41) is 5.68. The first-order chi connectivity index (χ1) is 13.0. The van der Waals surface area contributed by atoms with Gasteiger partial charge in [-0.3, -0.25) is 15.0 Å². The molecule has 0 bridgehead atoms. The van der Waals surface area contributed by atoms with Gasteiger partial charge in [-0.1, -0.05) is 41.9 Å². The summed E-state index contributed by atoms with van der Waals surface area (Å²) >= 11 is 5.83. The SMILES string of the molecule is C[C@@H](C(=O)NC(=O)NCc1ccccc1)N(C)CCOc1ccc(Cl)cc1. The lowest BCUT2D eigenvalue weighted by molar-refractivity contribution is -0.124. The van der Waals surface area contributed by atoms with Gasteiger partial charge in [0.2, 0.25) is 5.91 Å². The topological polar surface area (TPSA) is 70.7 Å². The highest BCUT2D eigenvalue weighted by Crippen LogP contribution is 2.15. The van der Waals surface area contributed by atoms with Crippen molar-refractivity contribution in [2.24, 2.45) is 0 Å². The molecular weight excluding hydrogens is 366 g/mol. The maximum absolute atomic E-state index is 12.2. The molecule has 0 aliphatic heterocycles. The molecule has 0 saturated carbocycles. The Hall–Kier alpha value is -2.57. The van der Waals surface area contributed by atoms with E-state index in [1.54, 1.807) is 38.2 Å². The molecule has 0 aliphatic rings. The van der Waals surface area contributed by atoms with Crippen LogP contribution in [0.3, 0.4) is 0 Å². The number of carbonyl (C=O) groups excluding carboxylic acids is 2. The average molecular weight is 390 g/mol. The van der Waals surface area contributed by atoms with Crippen LogP contribution in [0.15, 0.2) is 54.6 Å². The number of likely N-dealkylation sites (N-methyl/N-ethyl adjacent to an activating group) is 1. The van der Waals surface area contributed by atoms with E-state index in [0.29, 0.717) is 30.5 Å². The fraction of sp³-hybridized carbons (Fsp3) is 0.300. The van der Waals surface area contributed by atoms with Crippen LogP contribution in [0, 0.1) is 0 Å². The predicted molar refractivity (Wildman–Crippen MR) is 106 cm³/mol. The number of rotatable bonds is 8. The minimum absolute atomic E-state index is 0.360. The number of ether oxygens (including phenoxy) is 1. The summed E-state index contributed by atoms with van der Waals surface area (Å²) in [6.45, 7) is 3.04. The number of amides is 3. The smallest absolute Gasteiger partial charge is 0.321 e. The Morgan fingerprint density at radius 1 is 1.11 bits per heavy atom. The van der Waals surface area contributed by atoms with Gasteiger partial charge in [-0.25, -0.2) is 4.79 Å². The number of benzene rings is 2. The van der Waals surface area contributed by atoms with Gasteiger partial charge in [0.25, 0.3) is 0 Å². The molecule has 6 nitrogen and oxygen atoms in total. The van der Waals surface area contributed by atoms with E-state index in [2.05, 4.69) is 10.6 Å². The van der Waals surface area contributed by atoms with Crippen molar-refractivity contribution in [1.29, 1.82) is 0 Å². The van der Waals surface area contributed by atoms with Crippen LogP contribution in [0.25, 0.3) is 0 Å². The van der Waals surface area contributed by atoms with Crippen LogP contribution in [0.2, 0.25) is 5.02 Å². The Balaban J connectivity index is 1.69. The first-order valence-electron chi connectivity index (χ1n) is 8.67. The van der Waals surface area contributed by atoms with Gasteiger partial charge in [-0.05, 0) is 43.8 Å². The van der Waals surface area contributed by atoms with Crippen molar-refractivity contribution in [2.45, 2.75) is 19.5 Å². The number of nitrogens with one attached hydrogen (secondary N) is 2. The second-order valence-corrected chi connectivity index (χ2v) is 6.55. The molecule has 0 unspecified atom stereocenters. The van der Waals surface area contributed by atoms with Crippen molar-refractivity contribution >= 4 is 23.5 Å². The third-order valence-corrected chi connectivity index (χ3v) is 4.35. The number of halogens is 1. The molecule has 3 amide bonds. The normalized spacial score (nSPS) is 11.7. The number of imide groups is 1. The number of carbonyl (C=O) groups is 2. The second-order valence-electron chi connectivity index (χ2n) is 6.12. The maximum Gasteiger partial charge on any atom is 0.321 e. The molecule has 2 aromatic rings.